The minimum absolute atomic E-state index is 0.0000462. The van der Waals surface area contributed by atoms with Crippen LogP contribution in [0.4, 0.5) is 4.79 Å². The highest BCUT2D eigenvalue weighted by Gasteiger charge is 2.62. The van der Waals surface area contributed by atoms with Gasteiger partial charge in [-0.1, -0.05) is 44.2 Å². The Morgan fingerprint density at radius 3 is 2.73 bits per heavy atom. The van der Waals surface area contributed by atoms with E-state index in [0.717, 1.165) is 16.3 Å². The van der Waals surface area contributed by atoms with Crippen molar-refractivity contribution in [2.75, 3.05) is 13.2 Å². The van der Waals surface area contributed by atoms with Gasteiger partial charge in [-0.15, -0.1) is 6.58 Å². The lowest BCUT2D eigenvalue weighted by Gasteiger charge is -2.30. The van der Waals surface area contributed by atoms with Gasteiger partial charge in [-0.25, -0.2) is 18.2 Å². The van der Waals surface area contributed by atoms with Crippen molar-refractivity contribution in [2.45, 2.75) is 87.8 Å². The molecule has 4 amide bonds. The van der Waals surface area contributed by atoms with Gasteiger partial charge in [-0.3, -0.25) is 19.1 Å². The third-order valence-electron chi connectivity index (χ3n) is 9.49. The van der Waals surface area contributed by atoms with E-state index in [1.807, 2.05) is 50.3 Å². The summed E-state index contributed by atoms with van der Waals surface area (Å²) in [4.78, 5) is 60.5. The average Bonchev–Trinajstić information content (AvgIpc) is 3.98. The van der Waals surface area contributed by atoms with Gasteiger partial charge in [0.2, 0.25) is 27.7 Å². The van der Waals surface area contributed by atoms with Crippen molar-refractivity contribution in [3.63, 3.8) is 0 Å². The fourth-order valence-electron chi connectivity index (χ4n) is 6.57. The highest BCUT2D eigenvalue weighted by atomic mass is 32.2. The van der Waals surface area contributed by atoms with Crippen molar-refractivity contribution in [1.29, 1.82) is 0 Å². The van der Waals surface area contributed by atoms with Crippen molar-refractivity contribution in [3.8, 4) is 5.88 Å². The molecule has 4 bridgehead atoms. The highest BCUT2D eigenvalue weighted by molar-refractivity contribution is 7.91. The fraction of sp³-hybridized carbons (Fsp3) is 0.514. The molecule has 1 saturated heterocycles. The topological polar surface area (TPSA) is 173 Å². The monoisotopic (exact) mass is 693 g/mol. The molecule has 3 heterocycles. The number of aromatic nitrogens is 1. The molecule has 2 aliphatic carbocycles. The lowest BCUT2D eigenvalue weighted by Crippen LogP contribution is -2.58. The van der Waals surface area contributed by atoms with Crippen molar-refractivity contribution in [3.05, 3.63) is 54.8 Å². The van der Waals surface area contributed by atoms with E-state index in [4.69, 9.17) is 9.47 Å². The van der Waals surface area contributed by atoms with Crippen molar-refractivity contribution in [2.24, 2.45) is 11.8 Å². The maximum atomic E-state index is 14.3. The molecule has 0 radical (unpaired) electrons. The summed E-state index contributed by atoms with van der Waals surface area (Å²) in [6, 6.07) is 5.68. The fourth-order valence-corrected chi connectivity index (χ4v) is 7.94. The molecule has 5 atom stereocenters. The number of nitrogens with zero attached hydrogens (tertiary/aromatic N) is 2. The summed E-state index contributed by atoms with van der Waals surface area (Å²) < 4.78 is 39.2. The first-order chi connectivity index (χ1) is 23.4. The molecule has 4 aliphatic rings. The SMILES string of the molecule is C=C[C@@H]1CC1(NC(=O)[C@@H]1C[C@@H]2CN1C(=O)[C@H](CC(C)C)NC(=O)OCCC/C=C/c1ccc3ccnc(c3c1)O2)C(=O)NS(=O)(=O)C1CC1. The van der Waals surface area contributed by atoms with Gasteiger partial charge in [-0.2, -0.15) is 0 Å². The summed E-state index contributed by atoms with van der Waals surface area (Å²) in [6.45, 7) is 7.75. The number of hydrogen-bond acceptors (Lipinski definition) is 9. The standard InChI is InChI=1S/C35H43N5O8S/c1-4-24-19-35(24,33(43)39-49(45,46)26-11-12-26)38-30(41)29-18-25-20-40(29)32(42)28(16-21(2)3)37-34(44)47-15-7-5-6-8-22-9-10-23-13-14-36-31(48-25)27(23)17-22/h4,6,8-10,13-14,17,21,24-26,28-29H,1,5,7,11-12,15-16,18-20H2,2-3H3,(H,37,44)(H,38,41)(H,39,43)/b8-6+/t24-,25-,28+,29+,35?/m1/s1. The van der Waals surface area contributed by atoms with Crippen LogP contribution >= 0.6 is 0 Å². The van der Waals surface area contributed by atoms with Crippen molar-refractivity contribution >= 4 is 50.7 Å². The quantitative estimate of drug-likeness (QED) is 0.351. The molecule has 1 aromatic carbocycles. The zero-order valence-corrected chi connectivity index (χ0v) is 28.5. The van der Waals surface area contributed by atoms with Crippen LogP contribution in [0.3, 0.4) is 0 Å². The molecule has 2 saturated carbocycles. The Morgan fingerprint density at radius 2 is 2.02 bits per heavy atom. The van der Waals surface area contributed by atoms with Crippen LogP contribution in [0.1, 0.15) is 64.4 Å². The third kappa shape index (κ3) is 7.58. The zero-order chi connectivity index (χ0) is 34.9. The third-order valence-corrected chi connectivity index (χ3v) is 11.3. The van der Waals surface area contributed by atoms with Crippen LogP contribution in [0.2, 0.25) is 0 Å². The molecule has 1 unspecified atom stereocenters. The van der Waals surface area contributed by atoms with Gasteiger partial charge < -0.3 is 25.0 Å². The largest absolute Gasteiger partial charge is 0.472 e. The number of amides is 4. The molecular formula is C35H43N5O8S. The Morgan fingerprint density at radius 1 is 1.22 bits per heavy atom. The van der Waals surface area contributed by atoms with Gasteiger partial charge in [0.1, 0.15) is 23.7 Å². The number of pyridine rings is 1. The van der Waals surface area contributed by atoms with Gasteiger partial charge in [0, 0.05) is 23.9 Å². The maximum absolute atomic E-state index is 14.3. The van der Waals surface area contributed by atoms with Gasteiger partial charge in [0.25, 0.3) is 5.91 Å². The first kappa shape index (κ1) is 34.4. The van der Waals surface area contributed by atoms with Crippen LogP contribution < -0.4 is 20.1 Å². The Hall–Kier alpha value is -4.46. The van der Waals surface area contributed by atoms with Crippen LogP contribution in [0.5, 0.6) is 5.88 Å². The number of ether oxygens (including phenoxy) is 2. The summed E-state index contributed by atoms with van der Waals surface area (Å²) >= 11 is 0. The number of hydrogen-bond donors (Lipinski definition) is 3. The van der Waals surface area contributed by atoms with Crippen LogP contribution in [0.15, 0.2) is 49.2 Å². The van der Waals surface area contributed by atoms with Gasteiger partial charge in [0.05, 0.1) is 18.4 Å². The van der Waals surface area contributed by atoms with Crippen LogP contribution in [0, 0.1) is 11.8 Å². The Labute approximate surface area is 285 Å². The number of nitrogens with one attached hydrogen (secondary N) is 3. The molecular weight excluding hydrogens is 650 g/mol. The number of carbonyl (C=O) groups excluding carboxylic acids is 4. The molecule has 3 fully saturated rings. The number of rotatable bonds is 8. The smallest absolute Gasteiger partial charge is 0.407 e. The molecule has 6 rings (SSSR count). The molecule has 14 heteroatoms. The number of carbonyl (C=O) groups is 4. The van der Waals surface area contributed by atoms with E-state index in [-0.39, 0.29) is 38.3 Å². The molecule has 1 aromatic heterocycles. The molecule has 2 aromatic rings. The van der Waals surface area contributed by atoms with Gasteiger partial charge in [0.15, 0.2) is 0 Å². The van der Waals surface area contributed by atoms with Gasteiger partial charge in [-0.05, 0) is 67.5 Å². The Kier molecular flexibility index (Phi) is 9.70. The summed E-state index contributed by atoms with van der Waals surface area (Å²) in [7, 11) is -3.88. The van der Waals surface area contributed by atoms with Crippen molar-refractivity contribution in [1.82, 2.24) is 25.2 Å². The van der Waals surface area contributed by atoms with Crippen molar-refractivity contribution < 1.29 is 37.1 Å². The predicted molar refractivity (Wildman–Crippen MR) is 182 cm³/mol. The number of fused-ring (bicyclic) bond motifs is 3. The number of cyclic esters (lactones) is 1. The lowest BCUT2D eigenvalue weighted by atomic mass is 10.0. The van der Waals surface area contributed by atoms with Gasteiger partial charge >= 0.3 is 6.09 Å². The van der Waals surface area contributed by atoms with Crippen LogP contribution in [-0.4, -0.2) is 84.2 Å². The summed E-state index contributed by atoms with van der Waals surface area (Å²) in [5.41, 5.74) is -0.600. The second-order valence-electron chi connectivity index (χ2n) is 13.8. The van der Waals surface area contributed by atoms with E-state index in [1.165, 1.54) is 11.0 Å². The lowest BCUT2D eigenvalue weighted by molar-refractivity contribution is -0.141. The number of sulfonamides is 1. The minimum atomic E-state index is -3.88. The molecule has 13 nitrogen and oxygen atoms in total. The molecule has 3 N–H and O–H groups in total. The first-order valence-corrected chi connectivity index (χ1v) is 18.4. The Bertz CT molecular complexity index is 1790. The van der Waals surface area contributed by atoms with E-state index in [9.17, 15) is 27.6 Å². The zero-order valence-electron chi connectivity index (χ0n) is 27.7. The molecule has 49 heavy (non-hydrogen) atoms. The number of allylic oxidation sites excluding steroid dienone is 1. The number of benzene rings is 1. The van der Waals surface area contributed by atoms with Crippen LogP contribution in [0.25, 0.3) is 16.8 Å². The van der Waals surface area contributed by atoms with E-state index in [2.05, 4.69) is 26.9 Å². The van der Waals surface area contributed by atoms with Crippen LogP contribution in [-0.2, 0) is 29.1 Å². The summed E-state index contributed by atoms with van der Waals surface area (Å²) in [6.07, 6.45) is 8.40. The van der Waals surface area contributed by atoms with E-state index >= 15 is 0 Å². The second-order valence-corrected chi connectivity index (χ2v) is 15.7. The Balaban J connectivity index is 1.32. The average molecular weight is 694 g/mol. The summed E-state index contributed by atoms with van der Waals surface area (Å²) in [5.74, 6) is -2.11. The van der Waals surface area contributed by atoms with E-state index in [0.29, 0.717) is 31.6 Å². The molecule has 0 spiro atoms. The van der Waals surface area contributed by atoms with E-state index in [1.54, 1.807) is 6.20 Å². The second kappa shape index (κ2) is 13.8. The number of alkyl carbamates (subject to hydrolysis) is 1. The molecule has 262 valence electrons. The first-order valence-electron chi connectivity index (χ1n) is 16.9. The highest BCUT2D eigenvalue weighted by Crippen LogP contribution is 2.45. The normalized spacial score (nSPS) is 28.1. The summed E-state index contributed by atoms with van der Waals surface area (Å²) in [5, 5.41) is 6.54. The predicted octanol–water partition coefficient (Wildman–Crippen LogP) is 3.20. The van der Waals surface area contributed by atoms with E-state index < -0.39 is 68.7 Å². The maximum Gasteiger partial charge on any atom is 0.407 e. The minimum Gasteiger partial charge on any atom is -0.472 e. The molecule has 2 aliphatic heterocycles.